The Morgan fingerprint density at radius 2 is 1.63 bits per heavy atom. The SMILES string of the molecule is COCC1=C(C(=O)OC)C(c2cc(F)cc(F)c2)NC(=O)N1N(C=O)CCCN1CCC(c2ccc(Cl)cc2)(c2cc(F)ccc2OC)CC1.Cl.Cl. The van der Waals surface area contributed by atoms with Crippen molar-refractivity contribution in [1.82, 2.24) is 20.2 Å². The van der Waals surface area contributed by atoms with Crippen molar-refractivity contribution in [2.45, 2.75) is 30.7 Å². The Labute approximate surface area is 317 Å². The van der Waals surface area contributed by atoms with Crippen LogP contribution >= 0.6 is 36.4 Å². The lowest BCUT2D eigenvalue weighted by atomic mass is 9.67. The molecule has 0 radical (unpaired) electrons. The van der Waals surface area contributed by atoms with Crippen LogP contribution in [0.5, 0.6) is 5.75 Å². The van der Waals surface area contributed by atoms with Gasteiger partial charge in [-0.2, -0.15) is 0 Å². The number of amides is 3. The molecule has 0 aliphatic carbocycles. The monoisotopic (exact) mass is 786 g/mol. The summed E-state index contributed by atoms with van der Waals surface area (Å²) in [6.45, 7) is 1.62. The minimum atomic E-state index is -1.28. The zero-order valence-corrected chi connectivity index (χ0v) is 31.1. The number of ether oxygens (including phenoxy) is 3. The number of likely N-dealkylation sites (tertiary alicyclic amines) is 1. The summed E-state index contributed by atoms with van der Waals surface area (Å²) in [4.78, 5) is 41.3. The number of urea groups is 1. The summed E-state index contributed by atoms with van der Waals surface area (Å²) in [6, 6.07) is 12.7. The van der Waals surface area contributed by atoms with Crippen molar-refractivity contribution in [1.29, 1.82) is 0 Å². The summed E-state index contributed by atoms with van der Waals surface area (Å²) in [5.41, 5.74) is 1.02. The molecule has 52 heavy (non-hydrogen) atoms. The highest BCUT2D eigenvalue weighted by atomic mass is 35.5. The molecule has 1 fully saturated rings. The van der Waals surface area contributed by atoms with Crippen LogP contribution in [0.2, 0.25) is 5.02 Å². The van der Waals surface area contributed by atoms with Crippen LogP contribution in [0.4, 0.5) is 18.0 Å². The lowest BCUT2D eigenvalue weighted by Gasteiger charge is -2.44. The topological polar surface area (TPSA) is 101 Å². The standard InChI is InChI=1S/C36H38ClF3N4O6.2ClH/c1-48-21-30-32(34(46)50-3)33(23-17-27(39)19-28(40)18-23)41-35(47)44(30)43(22-45)14-4-13-42-15-11-36(12-16-42,24-5-7-25(37)8-6-24)29-20-26(38)9-10-31(29)49-2;;/h5-10,17-20,22,33H,4,11-16,21H2,1-3H3,(H,41,47);2*1H. The van der Waals surface area contributed by atoms with Crippen LogP contribution in [0.15, 0.2) is 71.9 Å². The molecule has 1 unspecified atom stereocenters. The molecule has 0 spiro atoms. The number of hydrogen-bond acceptors (Lipinski definition) is 7. The van der Waals surface area contributed by atoms with Gasteiger partial charge in [0.2, 0.25) is 6.41 Å². The average Bonchev–Trinajstić information content (AvgIpc) is 3.10. The Bertz CT molecular complexity index is 1740. The third-order valence-electron chi connectivity index (χ3n) is 9.24. The fraction of sp³-hybridized carbons (Fsp3) is 0.361. The van der Waals surface area contributed by atoms with E-state index in [0.29, 0.717) is 62.1 Å². The molecule has 0 saturated carbocycles. The van der Waals surface area contributed by atoms with Crippen LogP contribution in [-0.2, 0) is 24.5 Å². The largest absolute Gasteiger partial charge is 0.496 e. The van der Waals surface area contributed by atoms with E-state index in [1.54, 1.807) is 13.2 Å². The van der Waals surface area contributed by atoms with Gasteiger partial charge in [-0.3, -0.25) is 4.79 Å². The molecule has 282 valence electrons. The Balaban J connectivity index is 0.00000364. The molecule has 0 bridgehead atoms. The van der Waals surface area contributed by atoms with Crippen molar-refractivity contribution in [2.75, 3.05) is 54.1 Å². The second kappa shape index (κ2) is 18.7. The molecular weight excluding hydrogens is 748 g/mol. The highest BCUT2D eigenvalue weighted by Gasteiger charge is 2.42. The van der Waals surface area contributed by atoms with Gasteiger partial charge in [0.1, 0.15) is 23.2 Å². The van der Waals surface area contributed by atoms with Crippen LogP contribution in [0, 0.1) is 17.5 Å². The number of benzene rings is 3. The van der Waals surface area contributed by atoms with Gasteiger partial charge in [0.15, 0.2) is 0 Å². The van der Waals surface area contributed by atoms with E-state index < -0.39 is 35.1 Å². The lowest BCUT2D eigenvalue weighted by molar-refractivity contribution is -0.138. The molecule has 16 heteroatoms. The third-order valence-corrected chi connectivity index (χ3v) is 9.50. The van der Waals surface area contributed by atoms with Crippen molar-refractivity contribution in [3.8, 4) is 5.75 Å². The molecular formula is C36H40Cl3F3N4O6. The summed E-state index contributed by atoms with van der Waals surface area (Å²) in [5.74, 6) is -2.45. The van der Waals surface area contributed by atoms with Gasteiger partial charge in [-0.25, -0.2) is 32.8 Å². The molecule has 0 aromatic heterocycles. The molecule has 2 aliphatic rings. The molecule has 2 aliphatic heterocycles. The minimum Gasteiger partial charge on any atom is -0.496 e. The van der Waals surface area contributed by atoms with E-state index in [2.05, 4.69) is 10.2 Å². The van der Waals surface area contributed by atoms with Crippen LogP contribution in [0.25, 0.3) is 0 Å². The second-order valence-corrected chi connectivity index (χ2v) is 12.5. The predicted octanol–water partition coefficient (Wildman–Crippen LogP) is 6.59. The third kappa shape index (κ3) is 8.95. The average molecular weight is 788 g/mol. The van der Waals surface area contributed by atoms with E-state index in [0.717, 1.165) is 40.4 Å². The summed E-state index contributed by atoms with van der Waals surface area (Å²) < 4.78 is 58.9. The maximum atomic E-state index is 14.6. The fourth-order valence-electron chi connectivity index (χ4n) is 6.90. The first-order valence-electron chi connectivity index (χ1n) is 16.0. The van der Waals surface area contributed by atoms with Crippen LogP contribution < -0.4 is 10.1 Å². The normalized spacial score (nSPS) is 17.0. The maximum absolute atomic E-state index is 14.6. The number of nitrogens with one attached hydrogen (secondary N) is 1. The first kappa shape index (κ1) is 42.4. The van der Waals surface area contributed by atoms with Gasteiger partial charge in [-0.1, -0.05) is 23.7 Å². The van der Waals surface area contributed by atoms with Gasteiger partial charge in [0, 0.05) is 35.7 Å². The van der Waals surface area contributed by atoms with Crippen molar-refractivity contribution < 1.29 is 41.8 Å². The van der Waals surface area contributed by atoms with Gasteiger partial charge in [-0.05, 0) is 92.5 Å². The number of hydrogen-bond donors (Lipinski definition) is 1. The number of nitrogens with zero attached hydrogens (tertiary/aromatic N) is 3. The first-order chi connectivity index (χ1) is 24.0. The van der Waals surface area contributed by atoms with Crippen molar-refractivity contribution in [3.05, 3.63) is 111 Å². The van der Waals surface area contributed by atoms with Gasteiger partial charge < -0.3 is 24.4 Å². The number of carbonyl (C=O) groups excluding carboxylic acids is 3. The number of methoxy groups -OCH3 is 3. The zero-order chi connectivity index (χ0) is 36.0. The predicted molar refractivity (Wildman–Crippen MR) is 193 cm³/mol. The fourth-order valence-corrected chi connectivity index (χ4v) is 7.02. The van der Waals surface area contributed by atoms with Gasteiger partial charge in [0.25, 0.3) is 0 Å². The van der Waals surface area contributed by atoms with E-state index in [1.165, 1.54) is 19.2 Å². The Kier molecular flexibility index (Phi) is 15.2. The van der Waals surface area contributed by atoms with E-state index >= 15 is 0 Å². The van der Waals surface area contributed by atoms with Gasteiger partial charge >= 0.3 is 12.0 Å². The molecule has 3 aromatic carbocycles. The van der Waals surface area contributed by atoms with E-state index in [1.807, 2.05) is 24.3 Å². The Hall–Kier alpha value is -4.01. The smallest absolute Gasteiger partial charge is 0.341 e. The number of piperidine rings is 1. The number of halogens is 6. The molecule has 1 N–H and O–H groups in total. The molecule has 1 saturated heterocycles. The number of rotatable bonds is 13. The highest BCUT2D eigenvalue weighted by Crippen LogP contribution is 2.46. The molecule has 3 amide bonds. The maximum Gasteiger partial charge on any atom is 0.341 e. The van der Waals surface area contributed by atoms with Crippen LogP contribution in [0.1, 0.15) is 42.0 Å². The van der Waals surface area contributed by atoms with E-state index in [-0.39, 0.29) is 60.6 Å². The first-order valence-corrected chi connectivity index (χ1v) is 16.3. The van der Waals surface area contributed by atoms with Gasteiger partial charge in [-0.15, -0.1) is 24.8 Å². The Morgan fingerprint density at radius 1 is 0.981 bits per heavy atom. The molecule has 3 aromatic rings. The van der Waals surface area contributed by atoms with Crippen molar-refractivity contribution >= 4 is 54.8 Å². The quantitative estimate of drug-likeness (QED) is 0.154. The summed E-state index contributed by atoms with van der Waals surface area (Å²) in [6.07, 6.45) is 2.19. The molecule has 5 rings (SSSR count). The number of esters is 1. The van der Waals surface area contributed by atoms with Crippen LogP contribution in [0.3, 0.4) is 0 Å². The molecule has 1 atom stereocenters. The van der Waals surface area contributed by atoms with Crippen molar-refractivity contribution in [2.24, 2.45) is 0 Å². The minimum absolute atomic E-state index is 0. The number of carbonyl (C=O) groups is 3. The van der Waals surface area contributed by atoms with E-state index in [4.69, 9.17) is 25.8 Å². The summed E-state index contributed by atoms with van der Waals surface area (Å²) >= 11 is 6.20. The second-order valence-electron chi connectivity index (χ2n) is 12.1. The zero-order valence-electron chi connectivity index (χ0n) is 28.7. The summed E-state index contributed by atoms with van der Waals surface area (Å²) in [7, 11) is 4.03. The van der Waals surface area contributed by atoms with Crippen LogP contribution in [-0.4, -0.2) is 87.4 Å². The summed E-state index contributed by atoms with van der Waals surface area (Å²) in [5, 5.41) is 5.29. The van der Waals surface area contributed by atoms with Crippen molar-refractivity contribution in [3.63, 3.8) is 0 Å². The lowest BCUT2D eigenvalue weighted by Crippen LogP contribution is -2.56. The number of hydrazine groups is 1. The highest BCUT2D eigenvalue weighted by molar-refractivity contribution is 6.30. The molecule has 2 heterocycles. The van der Waals surface area contributed by atoms with E-state index in [9.17, 15) is 27.6 Å². The van der Waals surface area contributed by atoms with Gasteiger partial charge in [0.05, 0.1) is 38.1 Å². The Morgan fingerprint density at radius 3 is 2.21 bits per heavy atom. The molecule has 10 nitrogen and oxygen atoms in total.